The van der Waals surface area contributed by atoms with Crippen LogP contribution in [0.4, 0.5) is 0 Å². The fourth-order valence-corrected chi connectivity index (χ4v) is 6.42. The first-order valence-electron chi connectivity index (χ1n) is 10.6. The van der Waals surface area contributed by atoms with Gasteiger partial charge in [-0.3, -0.25) is 9.48 Å². The lowest BCUT2D eigenvalue weighted by Gasteiger charge is -2.32. The number of rotatable bonds is 3. The van der Waals surface area contributed by atoms with Crippen molar-refractivity contribution in [2.24, 2.45) is 30.7 Å². The monoisotopic (exact) mass is 366 g/mol. The van der Waals surface area contributed by atoms with Crippen LogP contribution in [-0.2, 0) is 7.05 Å². The number of pyridine rings is 1. The first-order chi connectivity index (χ1) is 12.9. The molecule has 3 aliphatic carbocycles. The Bertz CT molecular complexity index is 915. The van der Waals surface area contributed by atoms with Gasteiger partial charge >= 0.3 is 0 Å². The van der Waals surface area contributed by atoms with Gasteiger partial charge in [0.1, 0.15) is 0 Å². The Hall–Kier alpha value is -1.91. The van der Waals surface area contributed by atoms with Crippen LogP contribution in [0.1, 0.15) is 73.6 Å². The van der Waals surface area contributed by atoms with Crippen molar-refractivity contribution in [2.45, 2.75) is 64.8 Å². The molecule has 3 aliphatic rings. The molecule has 5 atom stereocenters. The smallest absolute Gasteiger partial charge is 0.252 e. The molecule has 5 heteroatoms. The number of nitrogens with one attached hydrogen (secondary N) is 1. The SMILES string of the molecule is Cc1nn(C)c2nc(C(C)C)cc(C(=O)NC3CC4CC3C3CCCC43)c12. The van der Waals surface area contributed by atoms with Crippen molar-refractivity contribution in [3.63, 3.8) is 0 Å². The van der Waals surface area contributed by atoms with E-state index in [1.165, 1.54) is 32.1 Å². The molecule has 5 unspecified atom stereocenters. The summed E-state index contributed by atoms with van der Waals surface area (Å²) in [5, 5.41) is 8.86. The lowest BCUT2D eigenvalue weighted by molar-refractivity contribution is 0.0902. The fourth-order valence-electron chi connectivity index (χ4n) is 6.42. The Labute approximate surface area is 160 Å². The number of hydrogen-bond acceptors (Lipinski definition) is 3. The number of aryl methyl sites for hydroxylation is 2. The zero-order valence-corrected chi connectivity index (χ0v) is 16.8. The number of fused-ring (bicyclic) bond motifs is 6. The molecule has 0 radical (unpaired) electrons. The van der Waals surface area contributed by atoms with Crippen molar-refractivity contribution in [1.82, 2.24) is 20.1 Å². The Morgan fingerprint density at radius 1 is 1.22 bits per heavy atom. The fraction of sp³-hybridized carbons (Fsp3) is 0.682. The van der Waals surface area contributed by atoms with Gasteiger partial charge in [-0.05, 0) is 68.3 Å². The highest BCUT2D eigenvalue weighted by molar-refractivity contribution is 6.06. The minimum atomic E-state index is 0.0625. The van der Waals surface area contributed by atoms with Gasteiger partial charge in [0, 0.05) is 18.8 Å². The van der Waals surface area contributed by atoms with Crippen LogP contribution < -0.4 is 5.32 Å². The molecule has 2 aromatic heterocycles. The van der Waals surface area contributed by atoms with Crippen LogP contribution in [-0.4, -0.2) is 26.7 Å². The van der Waals surface area contributed by atoms with E-state index in [4.69, 9.17) is 4.98 Å². The van der Waals surface area contributed by atoms with E-state index >= 15 is 0 Å². The zero-order valence-electron chi connectivity index (χ0n) is 16.8. The van der Waals surface area contributed by atoms with E-state index in [1.54, 1.807) is 4.68 Å². The van der Waals surface area contributed by atoms with Crippen LogP contribution in [0.5, 0.6) is 0 Å². The molecular weight excluding hydrogens is 336 g/mol. The van der Waals surface area contributed by atoms with Crippen molar-refractivity contribution >= 4 is 16.9 Å². The summed E-state index contributed by atoms with van der Waals surface area (Å²) in [5.41, 5.74) is 3.40. The molecule has 2 bridgehead atoms. The summed E-state index contributed by atoms with van der Waals surface area (Å²) < 4.78 is 1.80. The summed E-state index contributed by atoms with van der Waals surface area (Å²) in [7, 11) is 1.91. The Kier molecular flexibility index (Phi) is 3.85. The minimum absolute atomic E-state index is 0.0625. The maximum absolute atomic E-state index is 13.3. The molecule has 5 nitrogen and oxygen atoms in total. The van der Waals surface area contributed by atoms with Crippen molar-refractivity contribution < 1.29 is 4.79 Å². The molecule has 27 heavy (non-hydrogen) atoms. The summed E-state index contributed by atoms with van der Waals surface area (Å²) in [6.45, 7) is 6.21. The quantitative estimate of drug-likeness (QED) is 0.895. The van der Waals surface area contributed by atoms with Crippen molar-refractivity contribution in [3.8, 4) is 0 Å². The summed E-state index contributed by atoms with van der Waals surface area (Å²) in [4.78, 5) is 18.1. The van der Waals surface area contributed by atoms with Crippen molar-refractivity contribution in [3.05, 3.63) is 23.0 Å². The largest absolute Gasteiger partial charge is 0.349 e. The highest BCUT2D eigenvalue weighted by Gasteiger charge is 2.54. The molecule has 3 saturated carbocycles. The van der Waals surface area contributed by atoms with Gasteiger partial charge in [0.15, 0.2) is 5.65 Å². The van der Waals surface area contributed by atoms with Crippen molar-refractivity contribution in [1.29, 1.82) is 0 Å². The van der Waals surface area contributed by atoms with Gasteiger partial charge in [-0.2, -0.15) is 5.10 Å². The van der Waals surface area contributed by atoms with E-state index in [0.29, 0.717) is 12.0 Å². The molecule has 0 spiro atoms. The maximum Gasteiger partial charge on any atom is 0.252 e. The van der Waals surface area contributed by atoms with E-state index in [1.807, 2.05) is 20.0 Å². The normalized spacial score (nSPS) is 31.8. The molecule has 2 aromatic rings. The second kappa shape index (κ2) is 6.05. The molecule has 5 rings (SSSR count). The summed E-state index contributed by atoms with van der Waals surface area (Å²) in [5.74, 6) is 3.69. The maximum atomic E-state index is 13.3. The van der Waals surface area contributed by atoms with Gasteiger partial charge in [0.2, 0.25) is 0 Å². The van der Waals surface area contributed by atoms with Crippen LogP contribution in [0.2, 0.25) is 0 Å². The van der Waals surface area contributed by atoms with Crippen LogP contribution >= 0.6 is 0 Å². The predicted octanol–water partition coefficient (Wildman–Crippen LogP) is 3.95. The minimum Gasteiger partial charge on any atom is -0.349 e. The molecule has 3 fully saturated rings. The van der Waals surface area contributed by atoms with Gasteiger partial charge in [-0.25, -0.2) is 4.98 Å². The second-order valence-electron chi connectivity index (χ2n) is 9.39. The average Bonchev–Trinajstić information content (AvgIpc) is 3.36. The Morgan fingerprint density at radius 2 is 2.00 bits per heavy atom. The van der Waals surface area contributed by atoms with Crippen molar-refractivity contribution in [2.75, 3.05) is 0 Å². The standard InChI is InChI=1S/C22H30N4O/c1-11(2)18-10-17(20-12(3)25-26(4)21(20)23-18)22(27)24-19-9-13-8-16(19)15-7-5-6-14(13)15/h10-11,13-16,19H,5-9H2,1-4H3,(H,24,27). The number of amides is 1. The zero-order chi connectivity index (χ0) is 18.9. The van der Waals surface area contributed by atoms with Gasteiger partial charge < -0.3 is 5.32 Å². The summed E-state index contributed by atoms with van der Waals surface area (Å²) in [6.07, 6.45) is 6.69. The van der Waals surface area contributed by atoms with E-state index in [-0.39, 0.29) is 11.8 Å². The molecule has 0 aromatic carbocycles. The Morgan fingerprint density at radius 3 is 2.78 bits per heavy atom. The van der Waals surface area contributed by atoms with Crippen LogP contribution in [0.25, 0.3) is 11.0 Å². The molecule has 1 N–H and O–H groups in total. The molecule has 0 saturated heterocycles. The van der Waals surface area contributed by atoms with E-state index in [0.717, 1.165) is 45.7 Å². The number of aromatic nitrogens is 3. The van der Waals surface area contributed by atoms with Crippen LogP contribution in [0, 0.1) is 30.6 Å². The second-order valence-corrected chi connectivity index (χ2v) is 9.39. The van der Waals surface area contributed by atoms with Gasteiger partial charge in [-0.1, -0.05) is 20.3 Å². The third-order valence-electron chi connectivity index (χ3n) is 7.57. The van der Waals surface area contributed by atoms with E-state index in [9.17, 15) is 4.79 Å². The molecular formula is C22H30N4O. The van der Waals surface area contributed by atoms with Crippen LogP contribution in [0.15, 0.2) is 6.07 Å². The first kappa shape index (κ1) is 17.2. The molecule has 1 amide bonds. The number of hydrogen-bond donors (Lipinski definition) is 1. The van der Waals surface area contributed by atoms with E-state index in [2.05, 4.69) is 24.3 Å². The van der Waals surface area contributed by atoms with Gasteiger partial charge in [0.25, 0.3) is 5.91 Å². The highest BCUT2D eigenvalue weighted by atomic mass is 16.1. The molecule has 2 heterocycles. The number of carbonyl (C=O) groups is 1. The lowest BCUT2D eigenvalue weighted by Crippen LogP contribution is -2.42. The Balaban J connectivity index is 1.47. The molecule has 144 valence electrons. The summed E-state index contributed by atoms with van der Waals surface area (Å²) in [6, 6.07) is 2.34. The number of nitrogens with zero attached hydrogens (tertiary/aromatic N) is 3. The predicted molar refractivity (Wildman–Crippen MR) is 106 cm³/mol. The van der Waals surface area contributed by atoms with Gasteiger partial charge in [0.05, 0.1) is 16.6 Å². The first-order valence-corrected chi connectivity index (χ1v) is 10.6. The lowest BCUT2D eigenvalue weighted by atomic mass is 9.79. The molecule has 0 aliphatic heterocycles. The average molecular weight is 367 g/mol. The highest BCUT2D eigenvalue weighted by Crippen LogP contribution is 2.58. The van der Waals surface area contributed by atoms with E-state index < -0.39 is 0 Å². The summed E-state index contributed by atoms with van der Waals surface area (Å²) >= 11 is 0. The van der Waals surface area contributed by atoms with Gasteiger partial charge in [-0.15, -0.1) is 0 Å². The topological polar surface area (TPSA) is 59.8 Å². The third-order valence-corrected chi connectivity index (χ3v) is 7.57. The third kappa shape index (κ3) is 2.54. The van der Waals surface area contributed by atoms with Crippen LogP contribution in [0.3, 0.4) is 0 Å². The number of carbonyl (C=O) groups excluding carboxylic acids is 1.